The van der Waals surface area contributed by atoms with Crippen LogP contribution in [0.25, 0.3) is 11.0 Å². The number of fused-ring (bicyclic) bond motifs is 1. The zero-order valence-corrected chi connectivity index (χ0v) is 8.87. The summed E-state index contributed by atoms with van der Waals surface area (Å²) in [6.07, 6.45) is 2.41. The minimum Gasteiger partial charge on any atom is -0.344 e. The molecule has 0 saturated heterocycles. The number of hydrogen-bond acceptors (Lipinski definition) is 3. The van der Waals surface area contributed by atoms with E-state index in [1.807, 2.05) is 14.1 Å². The second kappa shape index (κ2) is 3.86. The summed E-state index contributed by atoms with van der Waals surface area (Å²) in [5.41, 5.74) is 1.56. The summed E-state index contributed by atoms with van der Waals surface area (Å²) in [5.74, 6) is 0. The van der Waals surface area contributed by atoms with Crippen LogP contribution in [0.4, 0.5) is 0 Å². The predicted molar refractivity (Wildman–Crippen MR) is 59.0 cm³/mol. The smallest absolute Gasteiger partial charge is 0.192 e. The largest absolute Gasteiger partial charge is 0.344 e. The Morgan fingerprint density at radius 2 is 2.27 bits per heavy atom. The third-order valence-electron chi connectivity index (χ3n) is 2.35. The Labute approximate surface area is 87.1 Å². The first-order valence-electron chi connectivity index (χ1n) is 4.88. The van der Waals surface area contributed by atoms with Gasteiger partial charge in [-0.15, -0.1) is 0 Å². The lowest BCUT2D eigenvalue weighted by Crippen LogP contribution is -2.16. The van der Waals surface area contributed by atoms with Gasteiger partial charge in [-0.25, -0.2) is 0 Å². The molecule has 2 rings (SSSR count). The van der Waals surface area contributed by atoms with Crippen molar-refractivity contribution in [3.8, 4) is 0 Å². The third-order valence-corrected chi connectivity index (χ3v) is 2.35. The number of aromatic amines is 2. The Balaban J connectivity index is 2.40. The van der Waals surface area contributed by atoms with E-state index in [-0.39, 0.29) is 5.43 Å². The number of nitrogens with one attached hydrogen (secondary N) is 2. The first kappa shape index (κ1) is 9.92. The number of aromatic nitrogens is 3. The molecule has 2 aromatic rings. The van der Waals surface area contributed by atoms with Crippen molar-refractivity contribution in [3.63, 3.8) is 0 Å². The average Bonchev–Trinajstić information content (AvgIpc) is 2.59. The highest BCUT2D eigenvalue weighted by molar-refractivity contribution is 5.77. The highest BCUT2D eigenvalue weighted by Gasteiger charge is 2.08. The molecule has 5 nitrogen and oxygen atoms in total. The molecule has 15 heavy (non-hydrogen) atoms. The predicted octanol–water partition coefficient (Wildman–Crippen LogP) is 0.355. The van der Waals surface area contributed by atoms with Crippen LogP contribution in [0.2, 0.25) is 0 Å². The minimum atomic E-state index is 0.0197. The standard InChI is InChI=1S/C10H14N4O/c1-14(2)6-4-7-9-8(15)3-5-11-10(9)13-12-7/h3,5H,4,6H2,1-2H3,(H2,11,12,13,15). The SMILES string of the molecule is CN(C)CCc1[nH]nc2[nH]ccc(=O)c12. The zero-order chi connectivity index (χ0) is 10.8. The highest BCUT2D eigenvalue weighted by Crippen LogP contribution is 2.08. The van der Waals surface area contributed by atoms with E-state index in [2.05, 4.69) is 20.1 Å². The van der Waals surface area contributed by atoms with Crippen LogP contribution in [0, 0.1) is 0 Å². The molecule has 2 aromatic heterocycles. The van der Waals surface area contributed by atoms with Gasteiger partial charge in [-0.1, -0.05) is 0 Å². The maximum atomic E-state index is 11.6. The van der Waals surface area contributed by atoms with E-state index < -0.39 is 0 Å². The van der Waals surface area contributed by atoms with Crippen LogP contribution in [0.1, 0.15) is 5.69 Å². The molecule has 0 unspecified atom stereocenters. The van der Waals surface area contributed by atoms with Gasteiger partial charge < -0.3 is 9.88 Å². The molecular weight excluding hydrogens is 192 g/mol. The molecule has 0 radical (unpaired) electrons. The van der Waals surface area contributed by atoms with Gasteiger partial charge in [0.2, 0.25) is 0 Å². The van der Waals surface area contributed by atoms with Crippen LogP contribution >= 0.6 is 0 Å². The lowest BCUT2D eigenvalue weighted by molar-refractivity contribution is 0.412. The van der Waals surface area contributed by atoms with Crippen molar-refractivity contribution in [2.45, 2.75) is 6.42 Å². The monoisotopic (exact) mass is 206 g/mol. The van der Waals surface area contributed by atoms with Crippen molar-refractivity contribution in [1.82, 2.24) is 20.1 Å². The van der Waals surface area contributed by atoms with Crippen molar-refractivity contribution >= 4 is 11.0 Å². The lowest BCUT2D eigenvalue weighted by atomic mass is 10.2. The minimum absolute atomic E-state index is 0.0197. The van der Waals surface area contributed by atoms with E-state index in [0.717, 1.165) is 18.7 Å². The summed E-state index contributed by atoms with van der Waals surface area (Å²) >= 11 is 0. The van der Waals surface area contributed by atoms with Crippen LogP contribution in [0.3, 0.4) is 0 Å². The van der Waals surface area contributed by atoms with Crippen LogP contribution in [0.5, 0.6) is 0 Å². The molecular formula is C10H14N4O. The third kappa shape index (κ3) is 1.92. The number of H-pyrrole nitrogens is 2. The van der Waals surface area contributed by atoms with Gasteiger partial charge in [-0.05, 0) is 14.1 Å². The number of nitrogens with zero attached hydrogens (tertiary/aromatic N) is 2. The molecule has 0 aliphatic rings. The molecule has 0 spiro atoms. The molecule has 0 bridgehead atoms. The Morgan fingerprint density at radius 1 is 1.47 bits per heavy atom. The fourth-order valence-electron chi connectivity index (χ4n) is 1.54. The van der Waals surface area contributed by atoms with Crippen LogP contribution < -0.4 is 5.43 Å². The van der Waals surface area contributed by atoms with Gasteiger partial charge in [-0.3, -0.25) is 9.89 Å². The highest BCUT2D eigenvalue weighted by atomic mass is 16.1. The van der Waals surface area contributed by atoms with E-state index in [1.54, 1.807) is 6.20 Å². The van der Waals surface area contributed by atoms with Crippen molar-refractivity contribution in [2.24, 2.45) is 0 Å². The molecule has 80 valence electrons. The molecule has 0 saturated carbocycles. The molecule has 0 aromatic carbocycles. The lowest BCUT2D eigenvalue weighted by Gasteiger charge is -2.07. The van der Waals surface area contributed by atoms with E-state index in [1.165, 1.54) is 6.07 Å². The summed E-state index contributed by atoms with van der Waals surface area (Å²) in [5, 5.41) is 7.64. The van der Waals surface area contributed by atoms with Crippen LogP contribution in [0.15, 0.2) is 17.1 Å². The summed E-state index contributed by atoms with van der Waals surface area (Å²) in [7, 11) is 4.01. The maximum absolute atomic E-state index is 11.6. The summed E-state index contributed by atoms with van der Waals surface area (Å²) in [6.45, 7) is 0.894. The number of likely N-dealkylation sites (N-methyl/N-ethyl adjacent to an activating group) is 1. The number of hydrogen-bond donors (Lipinski definition) is 2. The average molecular weight is 206 g/mol. The van der Waals surface area contributed by atoms with Gasteiger partial charge in [-0.2, -0.15) is 5.10 Å². The molecule has 0 fully saturated rings. The van der Waals surface area contributed by atoms with Crippen molar-refractivity contribution in [1.29, 1.82) is 0 Å². The van der Waals surface area contributed by atoms with Gasteiger partial charge in [0, 0.05) is 30.9 Å². The zero-order valence-electron chi connectivity index (χ0n) is 8.87. The first-order valence-corrected chi connectivity index (χ1v) is 4.88. The van der Waals surface area contributed by atoms with E-state index >= 15 is 0 Å². The fourth-order valence-corrected chi connectivity index (χ4v) is 1.54. The Kier molecular flexibility index (Phi) is 2.55. The Morgan fingerprint density at radius 3 is 3.00 bits per heavy atom. The van der Waals surface area contributed by atoms with Crippen molar-refractivity contribution in [2.75, 3.05) is 20.6 Å². The quantitative estimate of drug-likeness (QED) is 0.762. The molecule has 2 heterocycles. The second-order valence-corrected chi connectivity index (χ2v) is 3.82. The Bertz CT molecular complexity index is 511. The molecule has 0 atom stereocenters. The molecule has 0 aliphatic heterocycles. The summed E-state index contributed by atoms with van der Waals surface area (Å²) < 4.78 is 0. The van der Waals surface area contributed by atoms with Crippen molar-refractivity contribution < 1.29 is 0 Å². The second-order valence-electron chi connectivity index (χ2n) is 3.82. The fraction of sp³-hybridized carbons (Fsp3) is 0.400. The number of pyridine rings is 1. The molecule has 0 amide bonds. The van der Waals surface area contributed by atoms with Crippen LogP contribution in [-0.2, 0) is 6.42 Å². The summed E-state index contributed by atoms with van der Waals surface area (Å²) in [6, 6.07) is 1.52. The topological polar surface area (TPSA) is 64.8 Å². The maximum Gasteiger partial charge on any atom is 0.192 e. The number of rotatable bonds is 3. The van der Waals surface area contributed by atoms with Gasteiger partial charge in [0.1, 0.15) is 0 Å². The van der Waals surface area contributed by atoms with Gasteiger partial charge >= 0.3 is 0 Å². The van der Waals surface area contributed by atoms with E-state index in [4.69, 9.17) is 0 Å². The van der Waals surface area contributed by atoms with Gasteiger partial charge in [0.25, 0.3) is 0 Å². The normalized spacial score (nSPS) is 11.4. The summed E-state index contributed by atoms with van der Waals surface area (Å²) in [4.78, 5) is 16.6. The van der Waals surface area contributed by atoms with E-state index in [9.17, 15) is 4.79 Å². The van der Waals surface area contributed by atoms with E-state index in [0.29, 0.717) is 11.0 Å². The van der Waals surface area contributed by atoms with Crippen molar-refractivity contribution in [3.05, 3.63) is 28.2 Å². The van der Waals surface area contributed by atoms with Gasteiger partial charge in [0.05, 0.1) is 5.39 Å². The molecule has 5 heteroatoms. The molecule has 2 N–H and O–H groups in total. The van der Waals surface area contributed by atoms with Gasteiger partial charge in [0.15, 0.2) is 11.1 Å². The van der Waals surface area contributed by atoms with Crippen LogP contribution in [-0.4, -0.2) is 40.7 Å². The molecule has 0 aliphatic carbocycles. The Hall–Kier alpha value is -1.62. The first-order chi connectivity index (χ1) is 7.18.